The van der Waals surface area contributed by atoms with Crippen molar-refractivity contribution in [1.82, 2.24) is 25.3 Å². The van der Waals surface area contributed by atoms with E-state index in [0.29, 0.717) is 36.7 Å². The van der Waals surface area contributed by atoms with Crippen LogP contribution in [0, 0.1) is 0 Å². The topological polar surface area (TPSA) is 101 Å². The molecular formula is C15H17N5O3. The summed E-state index contributed by atoms with van der Waals surface area (Å²) in [6.07, 6.45) is 4.28. The third kappa shape index (κ3) is 3.20. The second kappa shape index (κ2) is 6.55. The first-order chi connectivity index (χ1) is 11.2. The minimum absolute atomic E-state index is 0.100. The molecule has 0 radical (unpaired) electrons. The van der Waals surface area contributed by atoms with Gasteiger partial charge in [0.25, 0.3) is 5.91 Å². The van der Waals surface area contributed by atoms with Gasteiger partial charge in [0.2, 0.25) is 11.8 Å². The van der Waals surface area contributed by atoms with Crippen LogP contribution in [0.1, 0.15) is 47.9 Å². The van der Waals surface area contributed by atoms with Crippen molar-refractivity contribution in [2.24, 2.45) is 0 Å². The Balaban J connectivity index is 1.62. The maximum atomic E-state index is 11.9. The van der Waals surface area contributed by atoms with Crippen molar-refractivity contribution in [2.45, 2.75) is 32.4 Å². The van der Waals surface area contributed by atoms with Gasteiger partial charge < -0.3 is 14.7 Å². The number of aromatic nitrogens is 3. The first-order valence-corrected chi connectivity index (χ1v) is 7.49. The zero-order valence-electron chi connectivity index (χ0n) is 12.7. The molecule has 2 aromatic rings. The van der Waals surface area contributed by atoms with E-state index in [0.717, 1.165) is 0 Å². The predicted molar refractivity (Wildman–Crippen MR) is 79.1 cm³/mol. The Labute approximate surface area is 132 Å². The van der Waals surface area contributed by atoms with Crippen LogP contribution in [0.3, 0.4) is 0 Å². The Kier molecular flexibility index (Phi) is 4.31. The van der Waals surface area contributed by atoms with Crippen molar-refractivity contribution < 1.29 is 14.1 Å². The normalized spacial score (nSPS) is 17.5. The molecular weight excluding hydrogens is 298 g/mol. The third-order valence-corrected chi connectivity index (χ3v) is 3.79. The molecule has 0 unspecified atom stereocenters. The smallest absolute Gasteiger partial charge is 0.251 e. The summed E-state index contributed by atoms with van der Waals surface area (Å²) in [5, 5.41) is 6.59. The highest BCUT2D eigenvalue weighted by Crippen LogP contribution is 2.31. The van der Waals surface area contributed by atoms with E-state index in [9.17, 15) is 9.59 Å². The van der Waals surface area contributed by atoms with Gasteiger partial charge in [-0.1, -0.05) is 5.16 Å². The zero-order valence-corrected chi connectivity index (χ0v) is 12.7. The number of hydrogen-bond acceptors (Lipinski definition) is 6. The Bertz CT molecular complexity index is 700. The standard InChI is InChI=1S/C15H17N5O3/c1-2-20-11(3-4-13(20)21)15-18-12(19-23-15)9-17-14(22)10-5-7-16-8-6-10/h5-8,11H,2-4,9H2,1H3,(H,17,22)/t11-/m0/s1. The highest BCUT2D eigenvalue weighted by Gasteiger charge is 2.34. The monoisotopic (exact) mass is 315 g/mol. The summed E-state index contributed by atoms with van der Waals surface area (Å²) in [5.74, 6) is 0.678. The van der Waals surface area contributed by atoms with Crippen LogP contribution in [0.15, 0.2) is 29.0 Å². The van der Waals surface area contributed by atoms with Gasteiger partial charge in [-0.2, -0.15) is 4.98 Å². The fourth-order valence-electron chi connectivity index (χ4n) is 2.63. The van der Waals surface area contributed by atoms with Crippen LogP contribution in [0.4, 0.5) is 0 Å². The third-order valence-electron chi connectivity index (χ3n) is 3.79. The van der Waals surface area contributed by atoms with E-state index in [1.165, 1.54) is 0 Å². The highest BCUT2D eigenvalue weighted by molar-refractivity contribution is 5.93. The number of nitrogens with zero attached hydrogens (tertiary/aromatic N) is 4. The Morgan fingerprint density at radius 2 is 2.22 bits per heavy atom. The molecule has 2 aromatic heterocycles. The van der Waals surface area contributed by atoms with Crippen LogP contribution in [0.2, 0.25) is 0 Å². The molecule has 1 fully saturated rings. The average molecular weight is 315 g/mol. The Morgan fingerprint density at radius 3 is 2.96 bits per heavy atom. The lowest BCUT2D eigenvalue weighted by atomic mass is 10.2. The quantitative estimate of drug-likeness (QED) is 0.886. The maximum Gasteiger partial charge on any atom is 0.251 e. The first kappa shape index (κ1) is 15.1. The number of amides is 2. The highest BCUT2D eigenvalue weighted by atomic mass is 16.5. The van der Waals surface area contributed by atoms with Crippen LogP contribution < -0.4 is 5.32 Å². The van der Waals surface area contributed by atoms with Gasteiger partial charge in [-0.15, -0.1) is 0 Å². The summed E-state index contributed by atoms with van der Waals surface area (Å²) >= 11 is 0. The Hall–Kier alpha value is -2.77. The van der Waals surface area contributed by atoms with Crippen LogP contribution in [0.25, 0.3) is 0 Å². The van der Waals surface area contributed by atoms with Crippen molar-refractivity contribution >= 4 is 11.8 Å². The average Bonchev–Trinajstić information content (AvgIpc) is 3.19. The molecule has 1 aliphatic rings. The summed E-state index contributed by atoms with van der Waals surface area (Å²) in [5.41, 5.74) is 0.516. The van der Waals surface area contributed by atoms with E-state index < -0.39 is 0 Å². The molecule has 0 spiro atoms. The van der Waals surface area contributed by atoms with E-state index in [-0.39, 0.29) is 24.4 Å². The van der Waals surface area contributed by atoms with Crippen molar-refractivity contribution in [3.05, 3.63) is 41.8 Å². The summed E-state index contributed by atoms with van der Waals surface area (Å²) in [6.45, 7) is 2.69. The van der Waals surface area contributed by atoms with Gasteiger partial charge in [-0.25, -0.2) is 0 Å². The van der Waals surface area contributed by atoms with Crippen molar-refractivity contribution in [2.75, 3.05) is 6.54 Å². The molecule has 0 bridgehead atoms. The molecule has 8 nitrogen and oxygen atoms in total. The molecule has 0 saturated carbocycles. The molecule has 3 rings (SSSR count). The molecule has 2 amide bonds. The number of rotatable bonds is 5. The lowest BCUT2D eigenvalue weighted by molar-refractivity contribution is -0.129. The molecule has 1 atom stereocenters. The van der Waals surface area contributed by atoms with Gasteiger partial charge in [0.05, 0.1) is 6.54 Å². The van der Waals surface area contributed by atoms with Crippen molar-refractivity contribution in [3.63, 3.8) is 0 Å². The Morgan fingerprint density at radius 1 is 1.43 bits per heavy atom. The fraction of sp³-hybridized carbons (Fsp3) is 0.400. The second-order valence-corrected chi connectivity index (χ2v) is 5.20. The van der Waals surface area contributed by atoms with E-state index >= 15 is 0 Å². The lowest BCUT2D eigenvalue weighted by Crippen LogP contribution is -2.27. The summed E-state index contributed by atoms with van der Waals surface area (Å²) in [7, 11) is 0. The molecule has 1 saturated heterocycles. The van der Waals surface area contributed by atoms with Gasteiger partial charge in [0.1, 0.15) is 6.04 Å². The van der Waals surface area contributed by atoms with E-state index in [1.807, 2.05) is 6.92 Å². The molecule has 8 heteroatoms. The lowest BCUT2D eigenvalue weighted by Gasteiger charge is -2.19. The van der Waals surface area contributed by atoms with Crippen LogP contribution in [-0.4, -0.2) is 38.4 Å². The first-order valence-electron chi connectivity index (χ1n) is 7.49. The van der Waals surface area contributed by atoms with E-state index in [4.69, 9.17) is 4.52 Å². The van der Waals surface area contributed by atoms with E-state index in [1.54, 1.807) is 29.4 Å². The van der Waals surface area contributed by atoms with Gasteiger partial charge in [-0.05, 0) is 25.5 Å². The molecule has 3 heterocycles. The van der Waals surface area contributed by atoms with E-state index in [2.05, 4.69) is 20.4 Å². The minimum atomic E-state index is -0.232. The maximum absolute atomic E-state index is 11.9. The number of pyridine rings is 1. The molecule has 0 aromatic carbocycles. The van der Waals surface area contributed by atoms with Crippen LogP contribution in [0.5, 0.6) is 0 Å². The summed E-state index contributed by atoms with van der Waals surface area (Å²) in [4.78, 5) is 33.6. The molecule has 1 aliphatic heterocycles. The second-order valence-electron chi connectivity index (χ2n) is 5.20. The zero-order chi connectivity index (χ0) is 16.2. The van der Waals surface area contributed by atoms with Crippen LogP contribution in [-0.2, 0) is 11.3 Å². The molecule has 1 N–H and O–H groups in total. The number of nitrogens with one attached hydrogen (secondary N) is 1. The minimum Gasteiger partial charge on any atom is -0.345 e. The SMILES string of the molecule is CCN1C(=O)CC[C@H]1c1nc(CNC(=O)c2ccncc2)no1. The van der Waals surface area contributed by atoms with Gasteiger partial charge >= 0.3 is 0 Å². The molecule has 120 valence electrons. The van der Waals surface area contributed by atoms with Gasteiger partial charge in [0.15, 0.2) is 5.82 Å². The molecule has 0 aliphatic carbocycles. The largest absolute Gasteiger partial charge is 0.345 e. The van der Waals surface area contributed by atoms with Crippen molar-refractivity contribution in [3.8, 4) is 0 Å². The fourth-order valence-corrected chi connectivity index (χ4v) is 2.63. The number of likely N-dealkylation sites (tertiary alicyclic amines) is 1. The van der Waals surface area contributed by atoms with Gasteiger partial charge in [-0.3, -0.25) is 14.6 Å². The molecule has 23 heavy (non-hydrogen) atoms. The number of hydrogen-bond donors (Lipinski definition) is 1. The predicted octanol–water partition coefficient (Wildman–Crippen LogP) is 1.08. The number of carbonyl (C=O) groups excluding carboxylic acids is 2. The van der Waals surface area contributed by atoms with Crippen molar-refractivity contribution in [1.29, 1.82) is 0 Å². The summed E-state index contributed by atoms with van der Waals surface area (Å²) < 4.78 is 5.25. The number of carbonyl (C=O) groups is 2. The van der Waals surface area contributed by atoms with Gasteiger partial charge in [0, 0.05) is 30.9 Å². The summed E-state index contributed by atoms with van der Waals surface area (Å²) in [6, 6.07) is 3.09. The van der Waals surface area contributed by atoms with Crippen LogP contribution >= 0.6 is 0 Å².